The van der Waals surface area contributed by atoms with Gasteiger partial charge in [-0.05, 0) is 81.8 Å². The number of hydrogen-bond acceptors (Lipinski definition) is 6. The van der Waals surface area contributed by atoms with Crippen LogP contribution in [0.4, 0.5) is 4.79 Å². The number of carbonyl (C=O) groups excluding carboxylic acids is 1. The zero-order chi connectivity index (χ0) is 25.7. The van der Waals surface area contributed by atoms with Gasteiger partial charge in [0.2, 0.25) is 10.0 Å². The van der Waals surface area contributed by atoms with Crippen molar-refractivity contribution in [1.29, 1.82) is 0 Å². The van der Waals surface area contributed by atoms with E-state index >= 15 is 0 Å². The standard InChI is InChI=1S/C26H37N3O5S/c1-25(2,3)29-24(30)34-18-26(20-6-5-7-22(16-20)33-4)14-12-21(13-15-26)28-17-19-8-10-23(11-9-19)35(27,31)32/h5-11,16,21,28H,12-15,17-18H2,1-4H3,(H,29,30)(H2,27,31,32). The molecule has 9 heteroatoms. The molecule has 1 aliphatic rings. The number of primary sulfonamides is 1. The topological polar surface area (TPSA) is 120 Å². The van der Waals surface area contributed by atoms with E-state index in [1.54, 1.807) is 19.2 Å². The van der Waals surface area contributed by atoms with Gasteiger partial charge in [0, 0.05) is 23.5 Å². The summed E-state index contributed by atoms with van der Waals surface area (Å²) < 4.78 is 34.1. The molecule has 0 spiro atoms. The lowest BCUT2D eigenvalue weighted by Crippen LogP contribution is -2.45. The van der Waals surface area contributed by atoms with Crippen molar-refractivity contribution in [1.82, 2.24) is 10.6 Å². The Labute approximate surface area is 208 Å². The number of amides is 1. The van der Waals surface area contributed by atoms with Crippen LogP contribution < -0.4 is 20.5 Å². The third-order valence-corrected chi connectivity index (χ3v) is 7.36. The maximum Gasteiger partial charge on any atom is 0.407 e. The van der Waals surface area contributed by atoms with Crippen LogP contribution in [-0.2, 0) is 26.7 Å². The van der Waals surface area contributed by atoms with Crippen LogP contribution in [0.5, 0.6) is 5.75 Å². The van der Waals surface area contributed by atoms with Gasteiger partial charge in [0.25, 0.3) is 0 Å². The van der Waals surface area contributed by atoms with Crippen molar-refractivity contribution in [2.24, 2.45) is 5.14 Å². The van der Waals surface area contributed by atoms with Gasteiger partial charge in [-0.3, -0.25) is 0 Å². The van der Waals surface area contributed by atoms with Crippen molar-refractivity contribution >= 4 is 16.1 Å². The van der Waals surface area contributed by atoms with Gasteiger partial charge >= 0.3 is 6.09 Å². The Morgan fingerprint density at radius 1 is 1.11 bits per heavy atom. The van der Waals surface area contributed by atoms with Gasteiger partial charge in [0.1, 0.15) is 12.4 Å². The Morgan fingerprint density at radius 3 is 2.34 bits per heavy atom. The number of ether oxygens (including phenoxy) is 2. The highest BCUT2D eigenvalue weighted by atomic mass is 32.2. The number of rotatable bonds is 8. The van der Waals surface area contributed by atoms with Crippen LogP contribution in [0, 0.1) is 0 Å². The molecule has 0 unspecified atom stereocenters. The zero-order valence-electron chi connectivity index (χ0n) is 21.0. The van der Waals surface area contributed by atoms with E-state index in [9.17, 15) is 13.2 Å². The molecule has 0 heterocycles. The molecule has 1 saturated carbocycles. The molecule has 8 nitrogen and oxygen atoms in total. The molecule has 4 N–H and O–H groups in total. The Kier molecular flexibility index (Phi) is 8.46. The van der Waals surface area contributed by atoms with Crippen LogP contribution in [-0.4, -0.2) is 39.8 Å². The molecule has 2 aromatic rings. The second-order valence-corrected chi connectivity index (χ2v) is 11.9. The quantitative estimate of drug-likeness (QED) is 0.504. The van der Waals surface area contributed by atoms with Crippen molar-refractivity contribution in [3.05, 3.63) is 59.7 Å². The van der Waals surface area contributed by atoms with Crippen LogP contribution in [0.25, 0.3) is 0 Å². The summed E-state index contributed by atoms with van der Waals surface area (Å²) in [5, 5.41) is 11.6. The summed E-state index contributed by atoms with van der Waals surface area (Å²) in [6, 6.07) is 14.9. The Bertz CT molecular complexity index is 1100. The molecule has 0 radical (unpaired) electrons. The summed E-state index contributed by atoms with van der Waals surface area (Å²) in [7, 11) is -2.04. The molecular weight excluding hydrogens is 466 g/mol. The molecule has 0 aromatic heterocycles. The molecule has 0 atom stereocenters. The van der Waals surface area contributed by atoms with Crippen molar-refractivity contribution in [2.45, 2.75) is 74.9 Å². The van der Waals surface area contributed by atoms with E-state index < -0.39 is 16.1 Å². The van der Waals surface area contributed by atoms with Crippen molar-refractivity contribution in [3.63, 3.8) is 0 Å². The van der Waals surface area contributed by atoms with Crippen molar-refractivity contribution < 1.29 is 22.7 Å². The minimum atomic E-state index is -3.69. The van der Waals surface area contributed by atoms with E-state index in [-0.39, 0.29) is 15.8 Å². The second kappa shape index (κ2) is 11.0. The summed E-state index contributed by atoms with van der Waals surface area (Å²) in [5.74, 6) is 0.782. The summed E-state index contributed by atoms with van der Waals surface area (Å²) in [4.78, 5) is 12.5. The van der Waals surface area contributed by atoms with Crippen LogP contribution >= 0.6 is 0 Å². The molecule has 1 fully saturated rings. The van der Waals surface area contributed by atoms with Gasteiger partial charge in [-0.2, -0.15) is 0 Å². The maximum absolute atomic E-state index is 12.4. The molecule has 1 aliphatic carbocycles. The van der Waals surface area contributed by atoms with E-state index in [1.807, 2.05) is 39.0 Å². The van der Waals surface area contributed by atoms with Crippen LogP contribution in [0.3, 0.4) is 0 Å². The first-order chi connectivity index (χ1) is 16.4. The van der Waals surface area contributed by atoms with E-state index in [1.165, 1.54) is 12.1 Å². The lowest BCUT2D eigenvalue weighted by Gasteiger charge is -2.40. The van der Waals surface area contributed by atoms with Crippen molar-refractivity contribution in [2.75, 3.05) is 13.7 Å². The van der Waals surface area contributed by atoms with Gasteiger partial charge < -0.3 is 20.1 Å². The van der Waals surface area contributed by atoms with Gasteiger partial charge in [-0.1, -0.05) is 24.3 Å². The first kappa shape index (κ1) is 27.0. The lowest BCUT2D eigenvalue weighted by molar-refractivity contribution is 0.0878. The fourth-order valence-corrected chi connectivity index (χ4v) is 4.96. The summed E-state index contributed by atoms with van der Waals surface area (Å²) in [5.41, 5.74) is 1.44. The predicted octanol–water partition coefficient (Wildman–Crippen LogP) is 3.84. The second-order valence-electron chi connectivity index (χ2n) is 10.3. The Hall–Kier alpha value is -2.62. The average molecular weight is 504 g/mol. The van der Waals surface area contributed by atoms with E-state index in [0.717, 1.165) is 42.6 Å². The van der Waals surface area contributed by atoms with Crippen LogP contribution in [0.2, 0.25) is 0 Å². The molecule has 192 valence electrons. The molecule has 2 aromatic carbocycles. The predicted molar refractivity (Wildman–Crippen MR) is 136 cm³/mol. The summed E-state index contributed by atoms with van der Waals surface area (Å²) in [6.45, 7) is 6.69. The summed E-state index contributed by atoms with van der Waals surface area (Å²) >= 11 is 0. The molecule has 35 heavy (non-hydrogen) atoms. The van der Waals surface area contributed by atoms with Crippen LogP contribution in [0.15, 0.2) is 53.4 Å². The molecule has 0 bridgehead atoms. The SMILES string of the molecule is COc1cccc(C2(COC(=O)NC(C)(C)C)CCC(NCc3ccc(S(N)(=O)=O)cc3)CC2)c1. The normalized spacial score (nSPS) is 20.8. The highest BCUT2D eigenvalue weighted by molar-refractivity contribution is 7.89. The Balaban J connectivity index is 1.66. The lowest BCUT2D eigenvalue weighted by atomic mass is 9.68. The van der Waals surface area contributed by atoms with E-state index in [2.05, 4.69) is 16.7 Å². The first-order valence-electron chi connectivity index (χ1n) is 11.8. The first-order valence-corrected chi connectivity index (χ1v) is 13.4. The number of methoxy groups -OCH3 is 1. The zero-order valence-corrected chi connectivity index (χ0v) is 21.8. The molecule has 3 rings (SSSR count). The number of nitrogens with two attached hydrogens (primary N) is 1. The number of nitrogens with one attached hydrogen (secondary N) is 2. The molecular formula is C26H37N3O5S. The molecule has 0 saturated heterocycles. The number of hydrogen-bond donors (Lipinski definition) is 3. The third-order valence-electron chi connectivity index (χ3n) is 6.43. The Morgan fingerprint density at radius 2 is 1.77 bits per heavy atom. The number of carbonyl (C=O) groups is 1. The van der Waals surface area contributed by atoms with Gasteiger partial charge in [0.15, 0.2) is 0 Å². The monoisotopic (exact) mass is 503 g/mol. The summed E-state index contributed by atoms with van der Waals surface area (Å²) in [6.07, 6.45) is 3.12. The number of sulfonamides is 1. The fourth-order valence-electron chi connectivity index (χ4n) is 4.45. The highest BCUT2D eigenvalue weighted by Crippen LogP contribution is 2.41. The highest BCUT2D eigenvalue weighted by Gasteiger charge is 2.38. The van der Waals surface area contributed by atoms with Gasteiger partial charge in [-0.25, -0.2) is 18.4 Å². The average Bonchev–Trinajstić information content (AvgIpc) is 2.81. The van der Waals surface area contributed by atoms with E-state index in [0.29, 0.717) is 19.2 Å². The number of benzene rings is 2. The van der Waals surface area contributed by atoms with E-state index in [4.69, 9.17) is 14.6 Å². The minimum absolute atomic E-state index is 0.109. The largest absolute Gasteiger partial charge is 0.497 e. The molecule has 0 aliphatic heterocycles. The van der Waals surface area contributed by atoms with Gasteiger partial charge in [0.05, 0.1) is 12.0 Å². The van der Waals surface area contributed by atoms with Crippen LogP contribution in [0.1, 0.15) is 57.6 Å². The number of alkyl carbamates (subject to hydrolysis) is 1. The fraction of sp³-hybridized carbons (Fsp3) is 0.500. The maximum atomic E-state index is 12.4. The molecule has 1 amide bonds. The van der Waals surface area contributed by atoms with Gasteiger partial charge in [-0.15, -0.1) is 0 Å². The van der Waals surface area contributed by atoms with Crippen molar-refractivity contribution in [3.8, 4) is 5.75 Å². The third kappa shape index (κ3) is 7.68. The smallest absolute Gasteiger partial charge is 0.407 e. The minimum Gasteiger partial charge on any atom is -0.497 e.